The molecule has 2 nitrogen and oxygen atoms in total. The van der Waals surface area contributed by atoms with Crippen LogP contribution in [-0.2, 0) is 19.6 Å². The molecule has 0 heterocycles. The van der Waals surface area contributed by atoms with E-state index >= 15 is 0 Å². The molecular formula is C22H22BrNO. The Morgan fingerprint density at radius 1 is 0.840 bits per heavy atom. The van der Waals surface area contributed by atoms with Gasteiger partial charge >= 0.3 is 0 Å². The maximum absolute atomic E-state index is 5.85. The second-order valence-corrected chi connectivity index (χ2v) is 6.84. The number of para-hydroxylation sites is 1. The molecule has 0 aliphatic rings. The van der Waals surface area contributed by atoms with Crippen LogP contribution in [-0.4, -0.2) is 0 Å². The SMILES string of the molecule is CCc1ccccc1NCc1ccc(OCc2ccc(Br)cc2)cc1. The Hall–Kier alpha value is -2.26. The maximum Gasteiger partial charge on any atom is 0.119 e. The molecule has 128 valence electrons. The molecule has 3 aromatic rings. The smallest absolute Gasteiger partial charge is 0.119 e. The first-order chi connectivity index (χ1) is 12.2. The number of anilines is 1. The second-order valence-electron chi connectivity index (χ2n) is 5.92. The van der Waals surface area contributed by atoms with Crippen LogP contribution >= 0.6 is 15.9 Å². The maximum atomic E-state index is 5.85. The third-order valence-electron chi connectivity index (χ3n) is 4.12. The summed E-state index contributed by atoms with van der Waals surface area (Å²) in [5, 5.41) is 3.52. The number of hydrogen-bond donors (Lipinski definition) is 1. The van der Waals surface area contributed by atoms with Crippen LogP contribution in [0.15, 0.2) is 77.3 Å². The predicted molar refractivity (Wildman–Crippen MR) is 108 cm³/mol. The van der Waals surface area contributed by atoms with E-state index in [1.807, 2.05) is 24.3 Å². The van der Waals surface area contributed by atoms with Gasteiger partial charge < -0.3 is 10.1 Å². The molecule has 25 heavy (non-hydrogen) atoms. The Labute approximate surface area is 158 Å². The average Bonchev–Trinajstić information content (AvgIpc) is 2.67. The van der Waals surface area contributed by atoms with E-state index in [9.17, 15) is 0 Å². The van der Waals surface area contributed by atoms with Gasteiger partial charge in [0.15, 0.2) is 0 Å². The summed E-state index contributed by atoms with van der Waals surface area (Å²) < 4.78 is 6.93. The van der Waals surface area contributed by atoms with Crippen molar-refractivity contribution in [2.75, 3.05) is 5.32 Å². The summed E-state index contributed by atoms with van der Waals surface area (Å²) in [4.78, 5) is 0. The van der Waals surface area contributed by atoms with Crippen LogP contribution in [0.5, 0.6) is 5.75 Å². The van der Waals surface area contributed by atoms with Crippen molar-refractivity contribution in [1.82, 2.24) is 0 Å². The van der Waals surface area contributed by atoms with Gasteiger partial charge in [-0.15, -0.1) is 0 Å². The third kappa shape index (κ3) is 5.10. The van der Waals surface area contributed by atoms with Gasteiger partial charge in [-0.2, -0.15) is 0 Å². The largest absolute Gasteiger partial charge is 0.489 e. The minimum absolute atomic E-state index is 0.578. The Morgan fingerprint density at radius 3 is 2.24 bits per heavy atom. The molecule has 0 saturated heterocycles. The summed E-state index contributed by atoms with van der Waals surface area (Å²) in [6.45, 7) is 3.57. The van der Waals surface area contributed by atoms with Gasteiger partial charge in [-0.1, -0.05) is 65.3 Å². The zero-order chi connectivity index (χ0) is 17.5. The van der Waals surface area contributed by atoms with Gasteiger partial charge in [0.1, 0.15) is 12.4 Å². The van der Waals surface area contributed by atoms with Crippen LogP contribution in [0.1, 0.15) is 23.6 Å². The molecule has 0 atom stereocenters. The highest BCUT2D eigenvalue weighted by atomic mass is 79.9. The van der Waals surface area contributed by atoms with Gasteiger partial charge in [0.25, 0.3) is 0 Å². The fraction of sp³-hybridized carbons (Fsp3) is 0.182. The number of nitrogens with one attached hydrogen (secondary N) is 1. The lowest BCUT2D eigenvalue weighted by molar-refractivity contribution is 0.306. The summed E-state index contributed by atoms with van der Waals surface area (Å²) in [7, 11) is 0. The second kappa shape index (κ2) is 8.72. The minimum Gasteiger partial charge on any atom is -0.489 e. The molecule has 0 spiro atoms. The van der Waals surface area contributed by atoms with Crippen LogP contribution in [0, 0.1) is 0 Å². The van der Waals surface area contributed by atoms with Crippen LogP contribution in [0.2, 0.25) is 0 Å². The van der Waals surface area contributed by atoms with Gasteiger partial charge in [0.2, 0.25) is 0 Å². The van der Waals surface area contributed by atoms with E-state index in [2.05, 4.69) is 76.7 Å². The normalized spacial score (nSPS) is 10.5. The van der Waals surface area contributed by atoms with Crippen molar-refractivity contribution in [2.45, 2.75) is 26.5 Å². The quantitative estimate of drug-likeness (QED) is 0.513. The first-order valence-corrected chi connectivity index (χ1v) is 9.32. The van der Waals surface area contributed by atoms with E-state index in [0.29, 0.717) is 6.61 Å². The van der Waals surface area contributed by atoms with Crippen molar-refractivity contribution in [3.8, 4) is 5.75 Å². The number of hydrogen-bond acceptors (Lipinski definition) is 2. The van der Waals surface area contributed by atoms with Gasteiger partial charge in [0.05, 0.1) is 0 Å². The van der Waals surface area contributed by atoms with Crippen LogP contribution < -0.4 is 10.1 Å². The summed E-state index contributed by atoms with van der Waals surface area (Å²) in [6, 6.07) is 24.9. The summed E-state index contributed by atoms with van der Waals surface area (Å²) in [6.07, 6.45) is 1.03. The molecule has 0 unspecified atom stereocenters. The van der Waals surface area contributed by atoms with Crippen molar-refractivity contribution < 1.29 is 4.74 Å². The number of rotatable bonds is 7. The van der Waals surface area contributed by atoms with Crippen molar-refractivity contribution >= 4 is 21.6 Å². The molecule has 0 aliphatic heterocycles. The lowest BCUT2D eigenvalue weighted by Crippen LogP contribution is -2.02. The molecule has 0 bridgehead atoms. The van der Waals surface area contributed by atoms with Crippen LogP contribution in [0.3, 0.4) is 0 Å². The molecule has 3 heteroatoms. The van der Waals surface area contributed by atoms with Crippen molar-refractivity contribution in [1.29, 1.82) is 0 Å². The Bertz CT molecular complexity index is 797. The van der Waals surface area contributed by atoms with Gasteiger partial charge in [-0.25, -0.2) is 0 Å². The zero-order valence-corrected chi connectivity index (χ0v) is 15.9. The van der Waals surface area contributed by atoms with Gasteiger partial charge in [0, 0.05) is 16.7 Å². The lowest BCUT2D eigenvalue weighted by Gasteiger charge is -2.11. The number of aryl methyl sites for hydroxylation is 1. The van der Waals surface area contributed by atoms with Crippen LogP contribution in [0.25, 0.3) is 0 Å². The van der Waals surface area contributed by atoms with Gasteiger partial charge in [-0.05, 0) is 53.4 Å². The molecular weight excluding hydrogens is 374 g/mol. The van der Waals surface area contributed by atoms with Crippen LogP contribution in [0.4, 0.5) is 5.69 Å². The average molecular weight is 396 g/mol. The zero-order valence-electron chi connectivity index (χ0n) is 14.3. The predicted octanol–water partition coefficient (Wildman–Crippen LogP) is 6.20. The highest BCUT2D eigenvalue weighted by Crippen LogP contribution is 2.19. The summed E-state index contributed by atoms with van der Waals surface area (Å²) >= 11 is 3.44. The molecule has 0 amide bonds. The lowest BCUT2D eigenvalue weighted by atomic mass is 10.1. The first-order valence-electron chi connectivity index (χ1n) is 8.52. The molecule has 0 aromatic heterocycles. The molecule has 0 aliphatic carbocycles. The van der Waals surface area contributed by atoms with E-state index in [1.165, 1.54) is 16.8 Å². The molecule has 3 rings (SSSR count). The van der Waals surface area contributed by atoms with Crippen molar-refractivity contribution in [3.05, 3.63) is 94.0 Å². The Morgan fingerprint density at radius 2 is 1.52 bits per heavy atom. The molecule has 0 radical (unpaired) electrons. The van der Waals surface area contributed by atoms with E-state index in [-0.39, 0.29) is 0 Å². The van der Waals surface area contributed by atoms with Gasteiger partial charge in [-0.3, -0.25) is 0 Å². The summed E-state index contributed by atoms with van der Waals surface area (Å²) in [5.41, 5.74) is 4.95. The van der Waals surface area contributed by atoms with Crippen molar-refractivity contribution in [2.24, 2.45) is 0 Å². The number of benzene rings is 3. The van der Waals surface area contributed by atoms with E-state index in [0.717, 1.165) is 28.8 Å². The van der Waals surface area contributed by atoms with Crippen molar-refractivity contribution in [3.63, 3.8) is 0 Å². The molecule has 1 N–H and O–H groups in total. The first kappa shape index (κ1) is 17.6. The summed E-state index contributed by atoms with van der Waals surface area (Å²) in [5.74, 6) is 0.889. The fourth-order valence-electron chi connectivity index (χ4n) is 2.65. The Balaban J connectivity index is 1.54. The number of halogens is 1. The third-order valence-corrected chi connectivity index (χ3v) is 4.65. The highest BCUT2D eigenvalue weighted by Gasteiger charge is 2.01. The van der Waals surface area contributed by atoms with E-state index in [4.69, 9.17) is 4.74 Å². The van der Waals surface area contributed by atoms with E-state index in [1.54, 1.807) is 0 Å². The standard InChI is InChI=1S/C22H22BrNO/c1-2-19-5-3-4-6-22(19)24-15-17-9-13-21(14-10-17)25-16-18-7-11-20(23)12-8-18/h3-14,24H,2,15-16H2,1H3. The van der Waals surface area contributed by atoms with E-state index < -0.39 is 0 Å². The minimum atomic E-state index is 0.578. The topological polar surface area (TPSA) is 21.3 Å². The fourth-order valence-corrected chi connectivity index (χ4v) is 2.91. The number of ether oxygens (including phenoxy) is 1. The molecule has 0 fully saturated rings. The highest BCUT2D eigenvalue weighted by molar-refractivity contribution is 9.10. The molecule has 0 saturated carbocycles. The molecule has 3 aromatic carbocycles. The monoisotopic (exact) mass is 395 g/mol. The Kier molecular flexibility index (Phi) is 6.13.